The Labute approximate surface area is 160 Å². The van der Waals surface area contributed by atoms with Gasteiger partial charge in [-0.25, -0.2) is 0 Å². The standard InChI is InChI=1S/C23H30O4/c1-21-8-5-14(24)11-13(21)3-4-15-17(21)6-9-22(2)20(15)16-12-18(16)23(22,27)10-7-19(25)26/h3-4,11,15-18,20,27H,5-10,12H2,1-2H3,(H,25,26)/t15-,16-,17+,18+,20-,21+,22+,23+/m1/s1. The summed E-state index contributed by atoms with van der Waals surface area (Å²) in [6.07, 6.45) is 11.5. The number of allylic oxidation sites excluding steroid dienone is 4. The van der Waals surface area contributed by atoms with E-state index >= 15 is 0 Å². The molecule has 0 spiro atoms. The zero-order chi connectivity index (χ0) is 19.2. The third kappa shape index (κ3) is 2.14. The van der Waals surface area contributed by atoms with E-state index in [9.17, 15) is 19.8 Å². The Bertz CT molecular complexity index is 781. The third-order valence-corrected chi connectivity index (χ3v) is 9.40. The van der Waals surface area contributed by atoms with Crippen LogP contribution < -0.4 is 0 Å². The monoisotopic (exact) mass is 370 g/mol. The van der Waals surface area contributed by atoms with Gasteiger partial charge in [0.15, 0.2) is 5.78 Å². The molecule has 4 heteroatoms. The van der Waals surface area contributed by atoms with Gasteiger partial charge in [-0.05, 0) is 78.8 Å². The molecule has 8 atom stereocenters. The molecule has 5 rings (SSSR count). The SMILES string of the molecule is C[C@]12CCC(=O)C=C1C=C[C@H]1[C@@H]3[C@@H]4C[C@@H]4[C@@](O)(CCC(=O)O)[C@@]3(C)CC[C@@H]12. The molecular weight excluding hydrogens is 340 g/mol. The van der Waals surface area contributed by atoms with E-state index in [1.165, 1.54) is 5.57 Å². The van der Waals surface area contributed by atoms with E-state index in [1.807, 2.05) is 6.08 Å². The molecule has 27 heavy (non-hydrogen) atoms. The van der Waals surface area contributed by atoms with Crippen LogP contribution in [-0.2, 0) is 9.59 Å². The van der Waals surface area contributed by atoms with Gasteiger partial charge in [0.2, 0.25) is 0 Å². The Balaban J connectivity index is 1.52. The number of aliphatic hydroxyl groups is 1. The molecule has 0 aromatic carbocycles. The molecule has 0 saturated heterocycles. The van der Waals surface area contributed by atoms with Crippen molar-refractivity contribution in [2.24, 2.45) is 40.4 Å². The van der Waals surface area contributed by atoms with Gasteiger partial charge in [0.1, 0.15) is 0 Å². The molecule has 5 aliphatic rings. The molecule has 3 fully saturated rings. The minimum atomic E-state index is -0.834. The largest absolute Gasteiger partial charge is 0.481 e. The summed E-state index contributed by atoms with van der Waals surface area (Å²) in [6.45, 7) is 4.57. The van der Waals surface area contributed by atoms with Crippen LogP contribution in [0.3, 0.4) is 0 Å². The maximum absolute atomic E-state index is 11.9. The van der Waals surface area contributed by atoms with Crippen LogP contribution in [0.1, 0.15) is 58.8 Å². The fraction of sp³-hybridized carbons (Fsp3) is 0.739. The van der Waals surface area contributed by atoms with Crippen LogP contribution in [0.25, 0.3) is 0 Å². The smallest absolute Gasteiger partial charge is 0.303 e. The molecule has 0 aliphatic heterocycles. The van der Waals surface area contributed by atoms with Crippen molar-refractivity contribution in [3.8, 4) is 0 Å². The molecular formula is C23H30O4. The zero-order valence-corrected chi connectivity index (χ0v) is 16.3. The fourth-order valence-electron chi connectivity index (χ4n) is 7.89. The molecule has 0 aromatic heterocycles. The molecule has 5 aliphatic carbocycles. The summed E-state index contributed by atoms with van der Waals surface area (Å²) >= 11 is 0. The number of carbonyl (C=O) groups excluding carboxylic acids is 1. The molecule has 3 saturated carbocycles. The summed E-state index contributed by atoms with van der Waals surface area (Å²) in [7, 11) is 0. The van der Waals surface area contributed by atoms with E-state index in [1.54, 1.807) is 0 Å². The lowest BCUT2D eigenvalue weighted by atomic mass is 9.47. The first kappa shape index (κ1) is 17.7. The van der Waals surface area contributed by atoms with Crippen molar-refractivity contribution >= 4 is 11.8 Å². The van der Waals surface area contributed by atoms with Crippen molar-refractivity contribution in [2.45, 2.75) is 64.4 Å². The van der Waals surface area contributed by atoms with Crippen LogP contribution in [0.5, 0.6) is 0 Å². The van der Waals surface area contributed by atoms with E-state index in [0.29, 0.717) is 36.5 Å². The van der Waals surface area contributed by atoms with Gasteiger partial charge in [-0.2, -0.15) is 0 Å². The predicted molar refractivity (Wildman–Crippen MR) is 101 cm³/mol. The van der Waals surface area contributed by atoms with Crippen molar-refractivity contribution in [3.05, 3.63) is 23.8 Å². The topological polar surface area (TPSA) is 74.6 Å². The second kappa shape index (κ2) is 5.34. The second-order valence-electron chi connectivity index (χ2n) is 10.3. The Morgan fingerprint density at radius 2 is 2.04 bits per heavy atom. The van der Waals surface area contributed by atoms with E-state index in [0.717, 1.165) is 25.7 Å². The van der Waals surface area contributed by atoms with Gasteiger partial charge in [0.05, 0.1) is 5.60 Å². The summed E-state index contributed by atoms with van der Waals surface area (Å²) in [4.78, 5) is 23.1. The highest BCUT2D eigenvalue weighted by Gasteiger charge is 2.75. The molecule has 0 heterocycles. The van der Waals surface area contributed by atoms with Crippen molar-refractivity contribution in [2.75, 3.05) is 0 Å². The van der Waals surface area contributed by atoms with Gasteiger partial charge < -0.3 is 10.2 Å². The predicted octanol–water partition coefficient (Wildman–Crippen LogP) is 3.75. The lowest BCUT2D eigenvalue weighted by molar-refractivity contribution is -0.151. The van der Waals surface area contributed by atoms with Gasteiger partial charge >= 0.3 is 5.97 Å². The normalized spacial score (nSPS) is 52.3. The van der Waals surface area contributed by atoms with Crippen molar-refractivity contribution < 1.29 is 19.8 Å². The summed E-state index contributed by atoms with van der Waals surface area (Å²) in [5, 5.41) is 20.9. The highest BCUT2D eigenvalue weighted by Crippen LogP contribution is 2.76. The number of hydrogen-bond acceptors (Lipinski definition) is 3. The summed E-state index contributed by atoms with van der Waals surface area (Å²) in [5.74, 6) is 1.65. The Hall–Kier alpha value is -1.42. The van der Waals surface area contributed by atoms with Crippen LogP contribution in [0.4, 0.5) is 0 Å². The van der Waals surface area contributed by atoms with E-state index in [-0.39, 0.29) is 29.0 Å². The minimum absolute atomic E-state index is 0.0542. The van der Waals surface area contributed by atoms with Gasteiger partial charge in [-0.15, -0.1) is 0 Å². The number of carbonyl (C=O) groups is 2. The molecule has 0 radical (unpaired) electrons. The highest BCUT2D eigenvalue weighted by molar-refractivity contribution is 5.92. The molecule has 0 amide bonds. The Morgan fingerprint density at radius 3 is 2.78 bits per heavy atom. The summed E-state index contributed by atoms with van der Waals surface area (Å²) < 4.78 is 0. The van der Waals surface area contributed by atoms with Crippen molar-refractivity contribution in [3.63, 3.8) is 0 Å². The number of fused-ring (bicyclic) bond motifs is 7. The maximum Gasteiger partial charge on any atom is 0.303 e. The van der Waals surface area contributed by atoms with Crippen molar-refractivity contribution in [1.29, 1.82) is 0 Å². The first-order valence-electron chi connectivity index (χ1n) is 10.6. The first-order chi connectivity index (χ1) is 12.7. The van der Waals surface area contributed by atoms with E-state index < -0.39 is 11.6 Å². The van der Waals surface area contributed by atoms with Crippen LogP contribution in [0.2, 0.25) is 0 Å². The van der Waals surface area contributed by atoms with Crippen molar-refractivity contribution in [1.82, 2.24) is 0 Å². The Kier molecular flexibility index (Phi) is 3.49. The number of aliphatic carboxylic acids is 1. The molecule has 0 unspecified atom stereocenters. The maximum atomic E-state index is 11.9. The van der Waals surface area contributed by atoms with Gasteiger partial charge in [-0.3, -0.25) is 9.59 Å². The summed E-state index contributed by atoms with van der Waals surface area (Å²) in [6, 6.07) is 0. The number of hydrogen-bond donors (Lipinski definition) is 2. The van der Waals surface area contributed by atoms with Crippen LogP contribution in [-0.4, -0.2) is 27.6 Å². The first-order valence-corrected chi connectivity index (χ1v) is 10.6. The van der Waals surface area contributed by atoms with Gasteiger partial charge in [0, 0.05) is 18.3 Å². The van der Waals surface area contributed by atoms with E-state index in [4.69, 9.17) is 0 Å². The second-order valence-corrected chi connectivity index (χ2v) is 10.3. The van der Waals surface area contributed by atoms with Crippen LogP contribution in [0.15, 0.2) is 23.8 Å². The molecule has 0 aromatic rings. The molecule has 0 bridgehead atoms. The average Bonchev–Trinajstić information content (AvgIpc) is 3.37. The highest BCUT2D eigenvalue weighted by atomic mass is 16.4. The summed E-state index contributed by atoms with van der Waals surface area (Å²) in [5.41, 5.74) is 0.249. The lowest BCUT2D eigenvalue weighted by Gasteiger charge is -2.58. The van der Waals surface area contributed by atoms with Crippen LogP contribution in [0, 0.1) is 40.4 Å². The molecule has 2 N–H and O–H groups in total. The average molecular weight is 370 g/mol. The van der Waals surface area contributed by atoms with Crippen LogP contribution >= 0.6 is 0 Å². The minimum Gasteiger partial charge on any atom is -0.481 e. The Morgan fingerprint density at radius 1 is 1.26 bits per heavy atom. The number of carboxylic acid groups (broad SMARTS) is 1. The van der Waals surface area contributed by atoms with Gasteiger partial charge in [0.25, 0.3) is 0 Å². The quantitative estimate of drug-likeness (QED) is 0.793. The molecule has 146 valence electrons. The molecule has 4 nitrogen and oxygen atoms in total. The third-order valence-electron chi connectivity index (χ3n) is 9.40. The zero-order valence-electron chi connectivity index (χ0n) is 16.3. The lowest BCUT2D eigenvalue weighted by Crippen LogP contribution is -2.56. The fourth-order valence-corrected chi connectivity index (χ4v) is 7.89. The van der Waals surface area contributed by atoms with Gasteiger partial charge in [-0.1, -0.05) is 26.0 Å². The van der Waals surface area contributed by atoms with E-state index in [2.05, 4.69) is 26.0 Å². The number of ketones is 1. The number of carboxylic acids is 1. The number of rotatable bonds is 3.